The average Bonchev–Trinajstić information content (AvgIpc) is 3.16. The lowest BCUT2D eigenvalue weighted by atomic mass is 10.1. The fourth-order valence-corrected chi connectivity index (χ4v) is 2.65. The molecule has 154 valence electrons. The number of carboxylic acids is 1. The molecule has 2 aromatic rings. The third kappa shape index (κ3) is 7.18. The molecular formula is C18H21F4N3O3. The minimum atomic E-state index is -5.08. The summed E-state index contributed by atoms with van der Waals surface area (Å²) >= 11 is 0. The number of alkyl halides is 3. The lowest BCUT2D eigenvalue weighted by Gasteiger charge is -2.32. The van der Waals surface area contributed by atoms with Crippen molar-refractivity contribution < 1.29 is 32.2 Å². The third-order valence-corrected chi connectivity index (χ3v) is 4.11. The number of hydrogen-bond donors (Lipinski definition) is 1. The molecule has 28 heavy (non-hydrogen) atoms. The SMILES string of the molecule is Fc1ccccc1OC1CCN(CCn2cccn2)CC1.O=C(O)C(F)(F)F. The second-order valence-electron chi connectivity index (χ2n) is 6.16. The van der Waals surface area contributed by atoms with Crippen molar-refractivity contribution in [2.24, 2.45) is 0 Å². The van der Waals surface area contributed by atoms with Gasteiger partial charge in [0.15, 0.2) is 11.6 Å². The minimum Gasteiger partial charge on any atom is -0.487 e. The Kier molecular flexibility index (Phi) is 7.80. The smallest absolute Gasteiger partial charge is 0.487 e. The molecule has 0 unspecified atom stereocenters. The zero-order chi connectivity index (χ0) is 20.6. The lowest BCUT2D eigenvalue weighted by molar-refractivity contribution is -0.192. The molecule has 3 rings (SSSR count). The zero-order valence-electron chi connectivity index (χ0n) is 15.0. The summed E-state index contributed by atoms with van der Waals surface area (Å²) in [5.41, 5.74) is 0. The van der Waals surface area contributed by atoms with Crippen LogP contribution in [0.4, 0.5) is 17.6 Å². The predicted molar refractivity (Wildman–Crippen MR) is 92.4 cm³/mol. The van der Waals surface area contributed by atoms with E-state index in [0.29, 0.717) is 5.75 Å². The monoisotopic (exact) mass is 403 g/mol. The van der Waals surface area contributed by atoms with Crippen LogP contribution in [-0.2, 0) is 11.3 Å². The fourth-order valence-electron chi connectivity index (χ4n) is 2.65. The van der Waals surface area contributed by atoms with Crippen LogP contribution in [0.5, 0.6) is 5.75 Å². The van der Waals surface area contributed by atoms with E-state index >= 15 is 0 Å². The highest BCUT2D eigenvalue weighted by Gasteiger charge is 2.38. The number of carbonyl (C=O) groups is 1. The normalized spacial score (nSPS) is 15.6. The van der Waals surface area contributed by atoms with Gasteiger partial charge in [-0.05, 0) is 31.0 Å². The first-order chi connectivity index (χ1) is 13.3. The molecule has 1 fully saturated rings. The summed E-state index contributed by atoms with van der Waals surface area (Å²) in [5.74, 6) is -2.67. The topological polar surface area (TPSA) is 67.6 Å². The first-order valence-electron chi connectivity index (χ1n) is 8.67. The molecule has 0 radical (unpaired) electrons. The summed E-state index contributed by atoms with van der Waals surface area (Å²) in [6.07, 6.45) is 0.687. The quantitative estimate of drug-likeness (QED) is 0.777. The molecule has 1 N–H and O–H groups in total. The molecule has 1 saturated heterocycles. The highest BCUT2D eigenvalue weighted by atomic mass is 19.4. The molecule has 0 aliphatic carbocycles. The lowest BCUT2D eigenvalue weighted by Crippen LogP contribution is -2.39. The van der Waals surface area contributed by atoms with Gasteiger partial charge in [-0.15, -0.1) is 0 Å². The number of hydrogen-bond acceptors (Lipinski definition) is 4. The molecule has 1 aliphatic heterocycles. The largest absolute Gasteiger partial charge is 0.490 e. The number of likely N-dealkylation sites (tertiary alicyclic amines) is 1. The van der Waals surface area contributed by atoms with Gasteiger partial charge in [0.05, 0.1) is 6.54 Å². The first kappa shape index (κ1) is 21.7. The van der Waals surface area contributed by atoms with E-state index in [9.17, 15) is 17.6 Å². The van der Waals surface area contributed by atoms with Crippen molar-refractivity contribution in [3.63, 3.8) is 0 Å². The van der Waals surface area contributed by atoms with Gasteiger partial charge in [-0.3, -0.25) is 4.68 Å². The van der Waals surface area contributed by atoms with Crippen LogP contribution in [0, 0.1) is 5.82 Å². The molecule has 0 saturated carbocycles. The van der Waals surface area contributed by atoms with E-state index in [1.807, 2.05) is 16.9 Å². The predicted octanol–water partition coefficient (Wildman–Crippen LogP) is 3.20. The van der Waals surface area contributed by atoms with Crippen molar-refractivity contribution in [2.75, 3.05) is 19.6 Å². The van der Waals surface area contributed by atoms with E-state index in [2.05, 4.69) is 10.00 Å². The van der Waals surface area contributed by atoms with Crippen molar-refractivity contribution in [3.05, 3.63) is 48.5 Å². The molecule has 1 aromatic carbocycles. The molecule has 6 nitrogen and oxygen atoms in total. The van der Waals surface area contributed by atoms with Crippen LogP contribution in [0.15, 0.2) is 42.7 Å². The number of aromatic nitrogens is 2. The van der Waals surface area contributed by atoms with E-state index in [1.54, 1.807) is 24.4 Å². The third-order valence-electron chi connectivity index (χ3n) is 4.11. The van der Waals surface area contributed by atoms with Gasteiger partial charge in [-0.1, -0.05) is 12.1 Å². The van der Waals surface area contributed by atoms with Crippen LogP contribution in [0.25, 0.3) is 0 Å². The van der Waals surface area contributed by atoms with Crippen LogP contribution >= 0.6 is 0 Å². The van der Waals surface area contributed by atoms with Crippen LogP contribution in [0.3, 0.4) is 0 Å². The molecular weight excluding hydrogens is 382 g/mol. The number of piperidine rings is 1. The van der Waals surface area contributed by atoms with Crippen molar-refractivity contribution in [1.29, 1.82) is 0 Å². The number of ether oxygens (including phenoxy) is 1. The van der Waals surface area contributed by atoms with Crippen LogP contribution < -0.4 is 4.74 Å². The summed E-state index contributed by atoms with van der Waals surface area (Å²) in [5, 5.41) is 11.3. The first-order valence-corrected chi connectivity index (χ1v) is 8.67. The maximum absolute atomic E-state index is 13.6. The molecule has 0 bridgehead atoms. The van der Waals surface area contributed by atoms with E-state index in [1.165, 1.54) is 6.07 Å². The number of nitrogens with zero attached hydrogens (tertiary/aromatic N) is 3. The zero-order valence-corrected chi connectivity index (χ0v) is 15.0. The van der Waals surface area contributed by atoms with Crippen molar-refractivity contribution >= 4 is 5.97 Å². The van der Waals surface area contributed by atoms with Crippen LogP contribution in [-0.4, -0.2) is 57.7 Å². The number of para-hydroxylation sites is 1. The summed E-state index contributed by atoms with van der Waals surface area (Å²) in [4.78, 5) is 11.3. The van der Waals surface area contributed by atoms with E-state index in [0.717, 1.165) is 39.0 Å². The molecule has 0 amide bonds. The van der Waals surface area contributed by atoms with E-state index in [4.69, 9.17) is 14.6 Å². The number of benzene rings is 1. The van der Waals surface area contributed by atoms with Gasteiger partial charge in [-0.2, -0.15) is 18.3 Å². The second kappa shape index (κ2) is 10.1. The Morgan fingerprint density at radius 1 is 1.18 bits per heavy atom. The Morgan fingerprint density at radius 3 is 2.36 bits per heavy atom. The number of rotatable bonds is 5. The number of carboxylic acid groups (broad SMARTS) is 1. The minimum absolute atomic E-state index is 0.114. The molecule has 2 heterocycles. The van der Waals surface area contributed by atoms with Crippen LogP contribution in [0.1, 0.15) is 12.8 Å². The van der Waals surface area contributed by atoms with Gasteiger partial charge in [0.25, 0.3) is 0 Å². The second-order valence-corrected chi connectivity index (χ2v) is 6.16. The standard InChI is InChI=1S/C16H20FN3O.C2HF3O2/c17-15-4-1-2-5-16(15)21-14-6-10-19(11-7-14)12-13-20-9-3-8-18-20;3-2(4,5)1(6)7/h1-5,8-9,14H,6-7,10-13H2;(H,6,7). The highest BCUT2D eigenvalue weighted by Crippen LogP contribution is 2.21. The molecule has 10 heteroatoms. The maximum atomic E-state index is 13.6. The van der Waals surface area contributed by atoms with Gasteiger partial charge < -0.3 is 14.7 Å². The summed E-state index contributed by atoms with van der Waals surface area (Å²) in [6, 6.07) is 8.56. The number of aliphatic carboxylic acids is 1. The summed E-state index contributed by atoms with van der Waals surface area (Å²) in [6.45, 7) is 3.88. The Bertz CT molecular complexity index is 730. The molecule has 0 spiro atoms. The van der Waals surface area contributed by atoms with E-state index < -0.39 is 12.1 Å². The Balaban J connectivity index is 0.000000345. The van der Waals surface area contributed by atoms with Crippen molar-refractivity contribution in [2.45, 2.75) is 31.7 Å². The van der Waals surface area contributed by atoms with Gasteiger partial charge in [0.1, 0.15) is 6.10 Å². The summed E-state index contributed by atoms with van der Waals surface area (Å²) in [7, 11) is 0. The Hall–Kier alpha value is -2.62. The summed E-state index contributed by atoms with van der Waals surface area (Å²) < 4.78 is 53.0. The average molecular weight is 403 g/mol. The van der Waals surface area contributed by atoms with Gasteiger partial charge in [-0.25, -0.2) is 9.18 Å². The molecule has 0 atom stereocenters. The molecule has 1 aliphatic rings. The van der Waals surface area contributed by atoms with E-state index in [-0.39, 0.29) is 11.9 Å². The van der Waals surface area contributed by atoms with Gasteiger partial charge >= 0.3 is 12.1 Å². The highest BCUT2D eigenvalue weighted by molar-refractivity contribution is 5.73. The Labute approximate surface area is 159 Å². The van der Waals surface area contributed by atoms with Crippen molar-refractivity contribution in [1.82, 2.24) is 14.7 Å². The molecule has 1 aromatic heterocycles. The van der Waals surface area contributed by atoms with Crippen LogP contribution in [0.2, 0.25) is 0 Å². The van der Waals surface area contributed by atoms with Crippen molar-refractivity contribution in [3.8, 4) is 5.75 Å². The Morgan fingerprint density at radius 2 is 1.82 bits per heavy atom. The van der Waals surface area contributed by atoms with Gasteiger partial charge in [0, 0.05) is 32.0 Å². The number of halogens is 4. The fraction of sp³-hybridized carbons (Fsp3) is 0.444. The van der Waals surface area contributed by atoms with Gasteiger partial charge in [0.2, 0.25) is 0 Å². The maximum Gasteiger partial charge on any atom is 0.490 e.